The Bertz CT molecular complexity index is 161. The topological polar surface area (TPSA) is 76.0 Å². The Labute approximate surface area is 71.8 Å². The van der Waals surface area contributed by atoms with E-state index in [4.69, 9.17) is 5.11 Å². The first-order chi connectivity index (χ1) is 5.46. The minimum absolute atomic E-state index is 0.0288. The van der Waals surface area contributed by atoms with Gasteiger partial charge in [-0.2, -0.15) is 0 Å². The van der Waals surface area contributed by atoms with Gasteiger partial charge in [-0.3, -0.25) is 4.57 Å². The van der Waals surface area contributed by atoms with Crippen molar-refractivity contribution < 1.29 is 23.8 Å². The average molecular weight is 198 g/mol. The van der Waals surface area contributed by atoms with Crippen LogP contribution in [0.25, 0.3) is 0 Å². The molecule has 2 N–H and O–H groups in total. The first-order valence-electron chi connectivity index (χ1n) is 3.53. The van der Waals surface area contributed by atoms with Crippen LogP contribution in [0.15, 0.2) is 0 Å². The highest BCUT2D eigenvalue weighted by molar-refractivity contribution is 7.54. The van der Waals surface area contributed by atoms with E-state index in [1.165, 1.54) is 21.1 Å². The molecule has 0 radical (unpaired) electrons. The third-order valence-electron chi connectivity index (χ3n) is 1.43. The van der Waals surface area contributed by atoms with E-state index in [1.54, 1.807) is 0 Å². The van der Waals surface area contributed by atoms with Gasteiger partial charge in [0.1, 0.15) is 0 Å². The van der Waals surface area contributed by atoms with E-state index >= 15 is 0 Å². The Morgan fingerprint density at radius 1 is 1.33 bits per heavy atom. The van der Waals surface area contributed by atoms with Gasteiger partial charge in [0.15, 0.2) is 5.85 Å². The van der Waals surface area contributed by atoms with Crippen molar-refractivity contribution in [3.05, 3.63) is 0 Å². The molecule has 6 heteroatoms. The summed E-state index contributed by atoms with van der Waals surface area (Å²) in [6.07, 6.45) is -0.766. The second-order valence-corrected chi connectivity index (χ2v) is 4.88. The quantitative estimate of drug-likeness (QED) is 0.631. The van der Waals surface area contributed by atoms with E-state index in [9.17, 15) is 9.67 Å². The molecule has 0 fully saturated rings. The maximum Gasteiger partial charge on any atom is 0.358 e. The molecule has 0 aromatic heterocycles. The maximum atomic E-state index is 11.4. The van der Waals surface area contributed by atoms with E-state index in [-0.39, 0.29) is 6.42 Å². The SMILES string of the molecule is COP(=O)(OC)C(O)CC(C)O. The molecule has 0 aliphatic heterocycles. The molecule has 2 atom stereocenters. The fourth-order valence-electron chi connectivity index (χ4n) is 0.752. The molecule has 0 saturated carbocycles. The van der Waals surface area contributed by atoms with Gasteiger partial charge < -0.3 is 19.3 Å². The van der Waals surface area contributed by atoms with Crippen molar-refractivity contribution in [1.82, 2.24) is 0 Å². The summed E-state index contributed by atoms with van der Waals surface area (Å²) in [5, 5.41) is 18.2. The average Bonchev–Trinajstić information content (AvgIpc) is 2.02. The zero-order chi connectivity index (χ0) is 9.78. The van der Waals surface area contributed by atoms with Crippen LogP contribution in [-0.4, -0.2) is 36.4 Å². The maximum absolute atomic E-state index is 11.4. The van der Waals surface area contributed by atoms with E-state index in [0.717, 1.165) is 0 Å². The number of aliphatic hydroxyl groups is 2. The molecule has 0 aromatic rings. The lowest BCUT2D eigenvalue weighted by atomic mass is 10.3. The molecule has 12 heavy (non-hydrogen) atoms. The molecular weight excluding hydrogens is 183 g/mol. The van der Waals surface area contributed by atoms with Crippen LogP contribution in [0, 0.1) is 0 Å². The Morgan fingerprint density at radius 3 is 2.00 bits per heavy atom. The molecule has 0 aliphatic rings. The van der Waals surface area contributed by atoms with Crippen LogP contribution in [0.4, 0.5) is 0 Å². The molecule has 0 aliphatic carbocycles. The zero-order valence-electron chi connectivity index (χ0n) is 7.43. The number of aliphatic hydroxyl groups excluding tert-OH is 2. The van der Waals surface area contributed by atoms with Gasteiger partial charge in [0.05, 0.1) is 6.10 Å². The summed E-state index contributed by atoms with van der Waals surface area (Å²) < 4.78 is 20.4. The molecule has 0 spiro atoms. The summed E-state index contributed by atoms with van der Waals surface area (Å²) in [4.78, 5) is 0. The summed E-state index contributed by atoms with van der Waals surface area (Å²) in [5.74, 6) is -1.27. The number of hydrogen-bond acceptors (Lipinski definition) is 5. The van der Waals surface area contributed by atoms with Gasteiger partial charge in [-0.1, -0.05) is 0 Å². The molecular formula is C6H15O5P. The second-order valence-electron chi connectivity index (χ2n) is 2.47. The van der Waals surface area contributed by atoms with Crippen molar-refractivity contribution in [3.63, 3.8) is 0 Å². The summed E-state index contributed by atoms with van der Waals surface area (Å²) in [6.45, 7) is 1.48. The molecule has 0 bridgehead atoms. The highest BCUT2D eigenvalue weighted by atomic mass is 31.2. The third-order valence-corrected chi connectivity index (χ3v) is 3.38. The largest absolute Gasteiger partial charge is 0.393 e. The van der Waals surface area contributed by atoms with Gasteiger partial charge >= 0.3 is 7.60 Å². The van der Waals surface area contributed by atoms with Crippen LogP contribution in [0.5, 0.6) is 0 Å². The van der Waals surface area contributed by atoms with Crippen LogP contribution in [0.2, 0.25) is 0 Å². The van der Waals surface area contributed by atoms with Crippen molar-refractivity contribution >= 4 is 7.60 Å². The predicted molar refractivity (Wildman–Crippen MR) is 43.9 cm³/mol. The lowest BCUT2D eigenvalue weighted by molar-refractivity contribution is 0.106. The first kappa shape index (κ1) is 12.1. The van der Waals surface area contributed by atoms with E-state index in [0.29, 0.717) is 0 Å². The van der Waals surface area contributed by atoms with Crippen molar-refractivity contribution in [2.24, 2.45) is 0 Å². The smallest absolute Gasteiger partial charge is 0.358 e. The highest BCUT2D eigenvalue weighted by Crippen LogP contribution is 2.51. The molecule has 5 nitrogen and oxygen atoms in total. The Kier molecular flexibility index (Phi) is 4.97. The van der Waals surface area contributed by atoms with Crippen LogP contribution >= 0.6 is 7.60 Å². The Balaban J connectivity index is 4.22. The molecule has 74 valence electrons. The lowest BCUT2D eigenvalue weighted by Crippen LogP contribution is -2.16. The highest BCUT2D eigenvalue weighted by Gasteiger charge is 2.32. The van der Waals surface area contributed by atoms with Gasteiger partial charge in [-0.05, 0) is 6.92 Å². The third kappa shape index (κ3) is 3.21. The monoisotopic (exact) mass is 198 g/mol. The molecule has 2 unspecified atom stereocenters. The van der Waals surface area contributed by atoms with E-state index < -0.39 is 19.5 Å². The van der Waals surface area contributed by atoms with E-state index in [1.807, 2.05) is 0 Å². The van der Waals surface area contributed by atoms with Gasteiger partial charge in [-0.15, -0.1) is 0 Å². The molecule has 0 saturated heterocycles. The fourth-order valence-corrected chi connectivity index (χ4v) is 1.95. The normalized spacial score (nSPS) is 17.4. The number of hydrogen-bond donors (Lipinski definition) is 2. The van der Waals surface area contributed by atoms with Crippen molar-refractivity contribution in [1.29, 1.82) is 0 Å². The van der Waals surface area contributed by atoms with Crippen LogP contribution in [0.1, 0.15) is 13.3 Å². The number of rotatable bonds is 5. The molecule has 0 amide bonds. The lowest BCUT2D eigenvalue weighted by Gasteiger charge is -2.20. The molecule has 0 heterocycles. The summed E-state index contributed by atoms with van der Waals surface area (Å²) in [5.41, 5.74) is 0. The first-order valence-corrected chi connectivity index (χ1v) is 5.14. The van der Waals surface area contributed by atoms with Gasteiger partial charge in [0, 0.05) is 20.6 Å². The van der Waals surface area contributed by atoms with Crippen LogP contribution in [0.3, 0.4) is 0 Å². The summed E-state index contributed by atoms with van der Waals surface area (Å²) >= 11 is 0. The van der Waals surface area contributed by atoms with Crippen LogP contribution < -0.4 is 0 Å². The minimum Gasteiger partial charge on any atom is -0.393 e. The Hall–Kier alpha value is 0.0700. The summed E-state index contributed by atoms with van der Waals surface area (Å²) in [7, 11) is -1.05. The van der Waals surface area contributed by atoms with Crippen molar-refractivity contribution in [3.8, 4) is 0 Å². The Morgan fingerprint density at radius 2 is 1.75 bits per heavy atom. The fraction of sp³-hybridized carbons (Fsp3) is 1.00. The van der Waals surface area contributed by atoms with Crippen LogP contribution in [-0.2, 0) is 13.6 Å². The van der Waals surface area contributed by atoms with Gasteiger partial charge in [0.25, 0.3) is 0 Å². The summed E-state index contributed by atoms with van der Waals surface area (Å²) in [6, 6.07) is 0. The minimum atomic E-state index is -3.43. The van der Waals surface area contributed by atoms with Crippen molar-refractivity contribution in [2.45, 2.75) is 25.3 Å². The van der Waals surface area contributed by atoms with Gasteiger partial charge in [-0.25, -0.2) is 0 Å². The molecule has 0 rings (SSSR count). The standard InChI is InChI=1S/C6H15O5P/c1-5(7)4-6(8)12(9,10-2)11-3/h5-8H,4H2,1-3H3. The van der Waals surface area contributed by atoms with Crippen molar-refractivity contribution in [2.75, 3.05) is 14.2 Å². The predicted octanol–water partition coefficient (Wildman–Crippen LogP) is 0.562. The zero-order valence-corrected chi connectivity index (χ0v) is 8.32. The van der Waals surface area contributed by atoms with E-state index in [2.05, 4.69) is 9.05 Å². The van der Waals surface area contributed by atoms with Gasteiger partial charge in [0.2, 0.25) is 0 Å². The second kappa shape index (κ2) is 4.94. The molecule has 0 aromatic carbocycles.